The summed E-state index contributed by atoms with van der Waals surface area (Å²) in [6.45, 7) is 6.39. The van der Waals surface area contributed by atoms with Crippen LogP contribution in [0.2, 0.25) is 0 Å². The molecule has 3 atom stereocenters. The van der Waals surface area contributed by atoms with Gasteiger partial charge in [0.2, 0.25) is 5.91 Å². The molecule has 3 N–H and O–H groups in total. The van der Waals surface area contributed by atoms with Gasteiger partial charge >= 0.3 is 0 Å². The van der Waals surface area contributed by atoms with Gasteiger partial charge in [0.05, 0.1) is 12.2 Å². The van der Waals surface area contributed by atoms with E-state index in [0.29, 0.717) is 12.3 Å². The molecule has 1 aliphatic rings. The van der Waals surface area contributed by atoms with E-state index in [9.17, 15) is 4.79 Å². The van der Waals surface area contributed by atoms with E-state index in [2.05, 4.69) is 31.2 Å². The average Bonchev–Trinajstić information content (AvgIpc) is 2.95. The number of nitrogens with two attached hydrogens (primary N) is 1. The molecule has 1 aromatic heterocycles. The Hall–Kier alpha value is -1.36. The highest BCUT2D eigenvalue weighted by atomic mass is 16.1. The molecule has 1 heterocycles. The third kappa shape index (κ3) is 4.06. The number of aryl methyl sites for hydroxylation is 1. The maximum Gasteiger partial charge on any atom is 0.220 e. The predicted octanol–water partition coefficient (Wildman–Crippen LogP) is 2.14. The van der Waals surface area contributed by atoms with E-state index in [1.165, 1.54) is 0 Å². The third-order valence-corrected chi connectivity index (χ3v) is 4.39. The number of nitrogens with zero attached hydrogens (tertiary/aromatic N) is 2. The van der Waals surface area contributed by atoms with Gasteiger partial charge in [-0.15, -0.1) is 0 Å². The number of hydrogen-bond donors (Lipinski definition) is 2. The molecule has 0 saturated heterocycles. The van der Waals surface area contributed by atoms with Crippen LogP contribution in [0.4, 0.5) is 0 Å². The van der Waals surface area contributed by atoms with Gasteiger partial charge in [0.1, 0.15) is 0 Å². The highest BCUT2D eigenvalue weighted by Gasteiger charge is 2.31. The maximum atomic E-state index is 12.4. The van der Waals surface area contributed by atoms with Gasteiger partial charge in [0.25, 0.3) is 0 Å². The summed E-state index contributed by atoms with van der Waals surface area (Å²) in [6, 6.07) is 0.151. The lowest BCUT2D eigenvalue weighted by molar-refractivity contribution is -0.123. The van der Waals surface area contributed by atoms with E-state index in [1.807, 2.05) is 19.4 Å². The van der Waals surface area contributed by atoms with Crippen molar-refractivity contribution >= 4 is 5.91 Å². The van der Waals surface area contributed by atoms with Crippen molar-refractivity contribution in [2.45, 2.75) is 58.5 Å². The zero-order chi connectivity index (χ0) is 15.6. The van der Waals surface area contributed by atoms with Crippen molar-refractivity contribution in [2.75, 3.05) is 0 Å². The highest BCUT2D eigenvalue weighted by Crippen LogP contribution is 2.33. The first-order valence-corrected chi connectivity index (χ1v) is 7.81. The van der Waals surface area contributed by atoms with Crippen LogP contribution in [0.1, 0.15) is 58.1 Å². The van der Waals surface area contributed by atoms with Gasteiger partial charge in [-0.1, -0.05) is 27.2 Å². The normalized spacial score (nSPS) is 24.0. The van der Waals surface area contributed by atoms with Gasteiger partial charge in [-0.25, -0.2) is 0 Å². The van der Waals surface area contributed by atoms with Gasteiger partial charge in [0.15, 0.2) is 0 Å². The summed E-state index contributed by atoms with van der Waals surface area (Å²) < 4.78 is 1.77. The molecular weight excluding hydrogens is 264 g/mol. The lowest BCUT2D eigenvalue weighted by Crippen LogP contribution is -2.38. The molecule has 0 bridgehead atoms. The summed E-state index contributed by atoms with van der Waals surface area (Å²) >= 11 is 0. The third-order valence-electron chi connectivity index (χ3n) is 4.39. The first-order chi connectivity index (χ1) is 9.77. The molecule has 1 amide bonds. The van der Waals surface area contributed by atoms with Crippen molar-refractivity contribution in [3.8, 4) is 0 Å². The van der Waals surface area contributed by atoms with Crippen molar-refractivity contribution in [1.82, 2.24) is 15.1 Å². The summed E-state index contributed by atoms with van der Waals surface area (Å²) in [6.07, 6.45) is 7.60. The lowest BCUT2D eigenvalue weighted by atomic mass is 9.83. The Morgan fingerprint density at radius 3 is 2.71 bits per heavy atom. The van der Waals surface area contributed by atoms with Crippen LogP contribution in [0.3, 0.4) is 0 Å². The standard InChI is InChI=1S/C16H28N4O/c1-16(2,3)15(12-9-18-20(4)10-12)19-14(21)8-11-6-5-7-13(11)17/h9-11,13,15H,5-8,17H2,1-4H3,(H,19,21)/t11-,13+,15?/m0/s1. The lowest BCUT2D eigenvalue weighted by Gasteiger charge is -2.31. The Morgan fingerprint density at radius 2 is 2.24 bits per heavy atom. The Balaban J connectivity index is 2.03. The van der Waals surface area contributed by atoms with E-state index in [4.69, 9.17) is 5.73 Å². The number of rotatable bonds is 4. The number of amides is 1. The molecule has 0 aromatic carbocycles. The van der Waals surface area contributed by atoms with Gasteiger partial charge in [-0.05, 0) is 24.2 Å². The summed E-state index contributed by atoms with van der Waals surface area (Å²) in [5.74, 6) is 0.431. The summed E-state index contributed by atoms with van der Waals surface area (Å²) in [7, 11) is 1.89. The molecule has 5 nitrogen and oxygen atoms in total. The maximum absolute atomic E-state index is 12.4. The SMILES string of the molecule is Cn1cc(C(NC(=O)C[C@@H]2CCC[C@H]2N)C(C)(C)C)cn1. The zero-order valence-corrected chi connectivity index (χ0v) is 13.6. The molecule has 1 fully saturated rings. The summed E-state index contributed by atoms with van der Waals surface area (Å²) in [5, 5.41) is 7.41. The Labute approximate surface area is 127 Å². The van der Waals surface area contributed by atoms with Crippen LogP contribution >= 0.6 is 0 Å². The number of hydrogen-bond acceptors (Lipinski definition) is 3. The second-order valence-corrected chi connectivity index (χ2v) is 7.37. The van der Waals surface area contributed by atoms with E-state index >= 15 is 0 Å². The molecular formula is C16H28N4O. The molecule has 21 heavy (non-hydrogen) atoms. The predicted molar refractivity (Wildman–Crippen MR) is 83.5 cm³/mol. The van der Waals surface area contributed by atoms with Crippen LogP contribution < -0.4 is 11.1 Å². The first kappa shape index (κ1) is 16.0. The topological polar surface area (TPSA) is 72.9 Å². The van der Waals surface area contributed by atoms with Crippen molar-refractivity contribution in [3.63, 3.8) is 0 Å². The minimum Gasteiger partial charge on any atom is -0.349 e. The van der Waals surface area contributed by atoms with Crippen molar-refractivity contribution < 1.29 is 4.79 Å². The Morgan fingerprint density at radius 1 is 1.52 bits per heavy atom. The van der Waals surface area contributed by atoms with Crippen LogP contribution in [0.5, 0.6) is 0 Å². The number of aromatic nitrogens is 2. The van der Waals surface area contributed by atoms with Gasteiger partial charge in [0, 0.05) is 31.3 Å². The smallest absolute Gasteiger partial charge is 0.220 e. The quantitative estimate of drug-likeness (QED) is 0.893. The van der Waals surface area contributed by atoms with Crippen LogP contribution in [0, 0.1) is 11.3 Å². The Kier molecular flexibility index (Phi) is 4.71. The fourth-order valence-corrected chi connectivity index (χ4v) is 3.17. The summed E-state index contributed by atoms with van der Waals surface area (Å²) in [4.78, 5) is 12.4. The molecule has 0 radical (unpaired) electrons. The van der Waals surface area contributed by atoms with Gasteiger partial charge in [-0.3, -0.25) is 9.48 Å². The van der Waals surface area contributed by atoms with E-state index in [0.717, 1.165) is 24.8 Å². The van der Waals surface area contributed by atoms with E-state index in [-0.39, 0.29) is 23.4 Å². The molecule has 0 aliphatic heterocycles. The number of carbonyl (C=O) groups is 1. The van der Waals surface area contributed by atoms with Crippen molar-refractivity contribution in [1.29, 1.82) is 0 Å². The van der Waals surface area contributed by atoms with Gasteiger partial charge < -0.3 is 11.1 Å². The van der Waals surface area contributed by atoms with E-state index < -0.39 is 0 Å². The minimum atomic E-state index is -0.0590. The number of carbonyl (C=O) groups excluding carboxylic acids is 1. The fourth-order valence-electron chi connectivity index (χ4n) is 3.17. The number of nitrogens with one attached hydrogen (secondary N) is 1. The van der Waals surface area contributed by atoms with E-state index in [1.54, 1.807) is 4.68 Å². The second-order valence-electron chi connectivity index (χ2n) is 7.37. The zero-order valence-electron chi connectivity index (χ0n) is 13.6. The average molecular weight is 292 g/mol. The van der Waals surface area contributed by atoms with Crippen LogP contribution in [-0.4, -0.2) is 21.7 Å². The molecule has 118 valence electrons. The molecule has 1 saturated carbocycles. The largest absolute Gasteiger partial charge is 0.349 e. The molecule has 0 spiro atoms. The molecule has 2 rings (SSSR count). The molecule has 1 aliphatic carbocycles. The Bertz CT molecular complexity index is 489. The minimum absolute atomic E-state index is 0.0312. The second kappa shape index (κ2) is 6.18. The van der Waals surface area contributed by atoms with Crippen LogP contribution in [-0.2, 0) is 11.8 Å². The van der Waals surface area contributed by atoms with Crippen molar-refractivity contribution in [2.24, 2.45) is 24.1 Å². The molecule has 1 aromatic rings. The molecule has 5 heteroatoms. The van der Waals surface area contributed by atoms with Crippen LogP contribution in [0.15, 0.2) is 12.4 Å². The van der Waals surface area contributed by atoms with Crippen LogP contribution in [0.25, 0.3) is 0 Å². The monoisotopic (exact) mass is 292 g/mol. The van der Waals surface area contributed by atoms with Crippen molar-refractivity contribution in [3.05, 3.63) is 18.0 Å². The fraction of sp³-hybridized carbons (Fsp3) is 0.750. The molecule has 1 unspecified atom stereocenters. The van der Waals surface area contributed by atoms with Gasteiger partial charge in [-0.2, -0.15) is 5.10 Å². The highest BCUT2D eigenvalue weighted by molar-refractivity contribution is 5.77. The summed E-state index contributed by atoms with van der Waals surface area (Å²) in [5.41, 5.74) is 7.06. The first-order valence-electron chi connectivity index (χ1n) is 7.81.